The molecular formula is C14H16BrNO2S. The molecule has 102 valence electrons. The van der Waals surface area contributed by atoms with Gasteiger partial charge in [-0.15, -0.1) is 0 Å². The number of anilines is 1. The van der Waals surface area contributed by atoms with E-state index in [1.54, 1.807) is 6.08 Å². The summed E-state index contributed by atoms with van der Waals surface area (Å²) in [5.74, 6) is 1.47. The van der Waals surface area contributed by atoms with Crippen LogP contribution in [-0.4, -0.2) is 35.7 Å². The molecule has 1 aromatic carbocycles. The zero-order valence-corrected chi connectivity index (χ0v) is 13.1. The molecule has 0 spiro atoms. The molecule has 3 nitrogen and oxygen atoms in total. The Morgan fingerprint density at radius 2 is 2.37 bits per heavy atom. The van der Waals surface area contributed by atoms with Crippen molar-refractivity contribution in [1.29, 1.82) is 0 Å². The summed E-state index contributed by atoms with van der Waals surface area (Å²) < 4.78 is 0.999. The number of carboxylic acid groups (broad SMARTS) is 1. The van der Waals surface area contributed by atoms with Gasteiger partial charge in [0.05, 0.1) is 5.69 Å². The van der Waals surface area contributed by atoms with Crippen molar-refractivity contribution in [1.82, 2.24) is 0 Å². The van der Waals surface area contributed by atoms with Crippen LogP contribution in [0.3, 0.4) is 0 Å². The summed E-state index contributed by atoms with van der Waals surface area (Å²) in [4.78, 5) is 12.8. The van der Waals surface area contributed by atoms with Gasteiger partial charge in [-0.25, -0.2) is 4.79 Å². The topological polar surface area (TPSA) is 40.5 Å². The van der Waals surface area contributed by atoms with Gasteiger partial charge in [-0.1, -0.05) is 6.07 Å². The highest BCUT2D eigenvalue weighted by molar-refractivity contribution is 9.10. The maximum Gasteiger partial charge on any atom is 0.328 e. The highest BCUT2D eigenvalue weighted by atomic mass is 79.9. The molecule has 5 heteroatoms. The van der Waals surface area contributed by atoms with E-state index in [1.165, 1.54) is 17.9 Å². The first-order valence-corrected chi connectivity index (χ1v) is 8.04. The van der Waals surface area contributed by atoms with Crippen LogP contribution in [-0.2, 0) is 4.79 Å². The third-order valence-corrected chi connectivity index (χ3v) is 5.00. The largest absolute Gasteiger partial charge is 0.478 e. The molecule has 1 atom stereocenters. The molecule has 0 saturated carbocycles. The van der Waals surface area contributed by atoms with E-state index in [-0.39, 0.29) is 0 Å². The standard InChI is InChI=1S/C14H16BrNO2S/c1-16(11-6-7-19-9-11)13-4-2-10(8-12(13)15)3-5-14(17)18/h2-5,8,11H,6-7,9H2,1H3,(H,17,18)/b5-3+. The number of carbonyl (C=O) groups is 1. The van der Waals surface area contributed by atoms with Crippen LogP contribution < -0.4 is 4.90 Å². The highest BCUT2D eigenvalue weighted by Crippen LogP contribution is 2.32. The van der Waals surface area contributed by atoms with Crippen molar-refractivity contribution in [2.45, 2.75) is 12.5 Å². The molecule has 1 aliphatic heterocycles. The van der Waals surface area contributed by atoms with Crippen molar-refractivity contribution in [3.63, 3.8) is 0 Å². The van der Waals surface area contributed by atoms with E-state index in [0.29, 0.717) is 6.04 Å². The van der Waals surface area contributed by atoms with Crippen molar-refractivity contribution < 1.29 is 9.90 Å². The highest BCUT2D eigenvalue weighted by Gasteiger charge is 2.21. The van der Waals surface area contributed by atoms with E-state index in [4.69, 9.17) is 5.11 Å². The van der Waals surface area contributed by atoms with Crippen LogP contribution >= 0.6 is 27.7 Å². The second kappa shape index (κ2) is 6.48. The third kappa shape index (κ3) is 3.76. The van der Waals surface area contributed by atoms with Gasteiger partial charge in [0.2, 0.25) is 0 Å². The fourth-order valence-electron chi connectivity index (χ4n) is 2.10. The Labute approximate surface area is 125 Å². The molecule has 1 N–H and O–H groups in total. The Morgan fingerprint density at radius 1 is 1.58 bits per heavy atom. The van der Waals surface area contributed by atoms with Crippen molar-refractivity contribution in [3.8, 4) is 0 Å². The minimum atomic E-state index is -0.930. The normalized spacial score (nSPS) is 18.9. The predicted molar refractivity (Wildman–Crippen MR) is 84.9 cm³/mol. The fourth-order valence-corrected chi connectivity index (χ4v) is 4.05. The molecule has 1 aromatic rings. The van der Waals surface area contributed by atoms with Crippen LogP contribution in [0.2, 0.25) is 0 Å². The number of carboxylic acids is 1. The van der Waals surface area contributed by atoms with E-state index in [1.807, 2.05) is 30.0 Å². The number of halogens is 1. The van der Waals surface area contributed by atoms with Crippen molar-refractivity contribution in [2.75, 3.05) is 23.5 Å². The molecule has 1 heterocycles. The summed E-state index contributed by atoms with van der Waals surface area (Å²) in [7, 11) is 2.11. The van der Waals surface area contributed by atoms with Gasteiger partial charge < -0.3 is 10.0 Å². The Morgan fingerprint density at radius 3 is 2.95 bits per heavy atom. The van der Waals surface area contributed by atoms with Crippen LogP contribution in [0.25, 0.3) is 6.08 Å². The number of hydrogen-bond donors (Lipinski definition) is 1. The Hall–Kier alpha value is -0.940. The fraction of sp³-hybridized carbons (Fsp3) is 0.357. The van der Waals surface area contributed by atoms with Crippen LogP contribution in [0, 0.1) is 0 Å². The van der Waals surface area contributed by atoms with Gasteiger partial charge in [0.15, 0.2) is 0 Å². The smallest absolute Gasteiger partial charge is 0.328 e. The SMILES string of the molecule is CN(c1ccc(/C=C/C(=O)O)cc1Br)C1CCSC1. The first-order chi connectivity index (χ1) is 9.08. The summed E-state index contributed by atoms with van der Waals surface area (Å²) in [5, 5.41) is 8.62. The molecule has 0 aliphatic carbocycles. The number of aliphatic carboxylic acids is 1. The van der Waals surface area contributed by atoms with E-state index in [2.05, 4.69) is 27.9 Å². The molecule has 1 aliphatic rings. The van der Waals surface area contributed by atoms with Gasteiger partial charge in [-0.3, -0.25) is 0 Å². The van der Waals surface area contributed by atoms with Gasteiger partial charge in [-0.2, -0.15) is 11.8 Å². The summed E-state index contributed by atoms with van der Waals surface area (Å²) >= 11 is 5.56. The zero-order valence-electron chi connectivity index (χ0n) is 10.7. The lowest BCUT2D eigenvalue weighted by atomic mass is 10.1. The van der Waals surface area contributed by atoms with Crippen LogP contribution in [0.4, 0.5) is 5.69 Å². The lowest BCUT2D eigenvalue weighted by Crippen LogP contribution is -2.31. The number of benzene rings is 1. The summed E-state index contributed by atoms with van der Waals surface area (Å²) in [6, 6.07) is 6.52. The summed E-state index contributed by atoms with van der Waals surface area (Å²) in [6.45, 7) is 0. The maximum atomic E-state index is 10.5. The quantitative estimate of drug-likeness (QED) is 0.851. The van der Waals surface area contributed by atoms with Gasteiger partial charge in [0.1, 0.15) is 0 Å². The number of nitrogens with zero attached hydrogens (tertiary/aromatic N) is 1. The third-order valence-electron chi connectivity index (χ3n) is 3.22. The van der Waals surface area contributed by atoms with Gasteiger partial charge in [0.25, 0.3) is 0 Å². The van der Waals surface area contributed by atoms with Crippen molar-refractivity contribution >= 4 is 45.4 Å². The lowest BCUT2D eigenvalue weighted by Gasteiger charge is -2.27. The van der Waals surface area contributed by atoms with Crippen LogP contribution in [0.15, 0.2) is 28.7 Å². The molecule has 1 saturated heterocycles. The number of rotatable bonds is 4. The minimum absolute atomic E-state index is 0.585. The lowest BCUT2D eigenvalue weighted by molar-refractivity contribution is -0.131. The second-order valence-electron chi connectivity index (χ2n) is 4.51. The van der Waals surface area contributed by atoms with Crippen LogP contribution in [0.5, 0.6) is 0 Å². The Bertz CT molecular complexity index is 498. The van der Waals surface area contributed by atoms with E-state index in [0.717, 1.165) is 21.8 Å². The molecular weight excluding hydrogens is 326 g/mol. The first kappa shape index (κ1) is 14.5. The Kier molecular flexibility index (Phi) is 4.93. The number of thioether (sulfide) groups is 1. The summed E-state index contributed by atoms with van der Waals surface area (Å²) in [6.07, 6.45) is 3.97. The predicted octanol–water partition coefficient (Wildman–Crippen LogP) is 3.49. The second-order valence-corrected chi connectivity index (χ2v) is 6.51. The first-order valence-electron chi connectivity index (χ1n) is 6.09. The summed E-state index contributed by atoms with van der Waals surface area (Å²) in [5.41, 5.74) is 2.03. The monoisotopic (exact) mass is 341 g/mol. The molecule has 2 rings (SSSR count). The molecule has 0 radical (unpaired) electrons. The van der Waals surface area contributed by atoms with E-state index in [9.17, 15) is 4.79 Å². The van der Waals surface area contributed by atoms with E-state index >= 15 is 0 Å². The van der Waals surface area contributed by atoms with E-state index < -0.39 is 5.97 Å². The average Bonchev–Trinajstić information content (AvgIpc) is 2.89. The van der Waals surface area contributed by atoms with Gasteiger partial charge in [-0.05, 0) is 51.9 Å². The molecule has 19 heavy (non-hydrogen) atoms. The van der Waals surface area contributed by atoms with Gasteiger partial charge in [0, 0.05) is 29.4 Å². The Balaban J connectivity index is 2.16. The zero-order chi connectivity index (χ0) is 13.8. The maximum absolute atomic E-state index is 10.5. The van der Waals surface area contributed by atoms with Crippen molar-refractivity contribution in [3.05, 3.63) is 34.3 Å². The van der Waals surface area contributed by atoms with Crippen molar-refractivity contribution in [2.24, 2.45) is 0 Å². The average molecular weight is 342 g/mol. The molecule has 0 aromatic heterocycles. The van der Waals surface area contributed by atoms with Gasteiger partial charge >= 0.3 is 5.97 Å². The molecule has 0 bridgehead atoms. The van der Waals surface area contributed by atoms with Crippen LogP contribution in [0.1, 0.15) is 12.0 Å². The molecule has 0 amide bonds. The minimum Gasteiger partial charge on any atom is -0.478 e. The number of hydrogen-bond acceptors (Lipinski definition) is 3. The molecule has 1 unspecified atom stereocenters. The molecule has 1 fully saturated rings.